The van der Waals surface area contributed by atoms with E-state index in [1.165, 1.54) is 35.4 Å². The molecule has 0 saturated carbocycles. The lowest BCUT2D eigenvalue weighted by Gasteiger charge is -2.13. The van der Waals surface area contributed by atoms with Crippen LogP contribution in [0, 0.1) is 0 Å². The monoisotopic (exact) mass is 216 g/mol. The van der Waals surface area contributed by atoms with Crippen LogP contribution in [0.3, 0.4) is 0 Å². The molecule has 0 fully saturated rings. The van der Waals surface area contributed by atoms with Crippen LogP contribution < -0.4 is 5.32 Å². The van der Waals surface area contributed by atoms with Crippen LogP contribution in [0.15, 0.2) is 0 Å². The number of nitrogens with zero attached hydrogens (tertiary/aromatic N) is 1. The van der Waals surface area contributed by atoms with E-state index < -0.39 is 0 Å². The second kappa shape index (κ2) is 3.58. The predicted octanol–water partition coefficient (Wildman–Crippen LogP) is 2.19. The van der Waals surface area contributed by atoms with Crippen molar-refractivity contribution < 1.29 is 4.79 Å². The first kappa shape index (κ1) is 9.82. The summed E-state index contributed by atoms with van der Waals surface area (Å²) in [5.74, 6) is 0.549. The van der Waals surface area contributed by atoms with Crippen LogP contribution in [0.1, 0.15) is 48.2 Å². The van der Waals surface area contributed by atoms with Crippen LogP contribution in [0.2, 0.25) is 0 Å². The molecule has 84 valence electrons. The van der Waals surface area contributed by atoms with E-state index in [0.29, 0.717) is 5.92 Å². The van der Waals surface area contributed by atoms with Gasteiger partial charge in [0, 0.05) is 11.4 Å². The third kappa shape index (κ3) is 1.27. The maximum Gasteiger partial charge on any atom is 0.211 e. The van der Waals surface area contributed by atoms with Gasteiger partial charge in [-0.3, -0.25) is 9.78 Å². The van der Waals surface area contributed by atoms with Gasteiger partial charge in [-0.15, -0.1) is 0 Å². The maximum absolute atomic E-state index is 10.7. The quantitative estimate of drug-likeness (QED) is 0.770. The summed E-state index contributed by atoms with van der Waals surface area (Å²) in [6.45, 7) is 2.23. The van der Waals surface area contributed by atoms with Gasteiger partial charge >= 0.3 is 0 Å². The summed E-state index contributed by atoms with van der Waals surface area (Å²) in [7, 11) is 0. The summed E-state index contributed by atoms with van der Waals surface area (Å²) in [6, 6.07) is 0. The summed E-state index contributed by atoms with van der Waals surface area (Å²) >= 11 is 0. The Morgan fingerprint density at radius 1 is 1.31 bits per heavy atom. The van der Waals surface area contributed by atoms with Gasteiger partial charge in [0.25, 0.3) is 0 Å². The van der Waals surface area contributed by atoms with Crippen molar-refractivity contribution in [3.63, 3.8) is 0 Å². The molecule has 0 spiro atoms. The summed E-state index contributed by atoms with van der Waals surface area (Å²) in [5, 5.41) is 2.91. The average Bonchev–Trinajstić information content (AvgIpc) is 2.87. The molecule has 0 saturated heterocycles. The Hall–Kier alpha value is -1.38. The molecule has 0 aromatic carbocycles. The van der Waals surface area contributed by atoms with Crippen LogP contribution in [0.4, 0.5) is 5.69 Å². The molecular formula is C13H16N2O. The van der Waals surface area contributed by atoms with Gasteiger partial charge in [-0.25, -0.2) is 0 Å². The van der Waals surface area contributed by atoms with E-state index in [9.17, 15) is 4.79 Å². The SMILES string of the molecule is CC1CCc2c1nc1c(c2NC=O)CCC1. The number of hydrogen-bond donors (Lipinski definition) is 1. The fraction of sp³-hybridized carbons (Fsp3) is 0.538. The van der Waals surface area contributed by atoms with Gasteiger partial charge in [-0.1, -0.05) is 6.92 Å². The van der Waals surface area contributed by atoms with Crippen LogP contribution in [-0.2, 0) is 24.1 Å². The molecule has 2 aliphatic rings. The lowest BCUT2D eigenvalue weighted by Crippen LogP contribution is -2.06. The number of rotatable bonds is 2. The number of carbonyl (C=O) groups excluding carboxylic acids is 1. The van der Waals surface area contributed by atoms with E-state index in [1.807, 2.05) is 0 Å². The molecular weight excluding hydrogens is 200 g/mol. The Kier molecular flexibility index (Phi) is 2.20. The molecule has 1 aromatic heterocycles. The Morgan fingerprint density at radius 3 is 3.00 bits per heavy atom. The van der Waals surface area contributed by atoms with Crippen molar-refractivity contribution in [1.29, 1.82) is 0 Å². The highest BCUT2D eigenvalue weighted by Crippen LogP contribution is 2.40. The summed E-state index contributed by atoms with van der Waals surface area (Å²) in [5.41, 5.74) is 6.11. The largest absolute Gasteiger partial charge is 0.328 e. The third-order valence-corrected chi connectivity index (χ3v) is 3.85. The van der Waals surface area contributed by atoms with Crippen molar-refractivity contribution in [2.75, 3.05) is 5.32 Å². The number of carbonyl (C=O) groups is 1. The van der Waals surface area contributed by atoms with Gasteiger partial charge in [0.1, 0.15) is 0 Å². The molecule has 3 rings (SSSR count). The maximum atomic E-state index is 10.7. The second-order valence-electron chi connectivity index (χ2n) is 4.83. The molecule has 1 atom stereocenters. The van der Waals surface area contributed by atoms with Crippen LogP contribution in [-0.4, -0.2) is 11.4 Å². The molecule has 1 heterocycles. The summed E-state index contributed by atoms with van der Waals surface area (Å²) in [4.78, 5) is 15.5. The van der Waals surface area contributed by atoms with Crippen molar-refractivity contribution in [3.8, 4) is 0 Å². The molecule has 1 unspecified atom stereocenters. The first-order chi connectivity index (χ1) is 7.81. The van der Waals surface area contributed by atoms with E-state index in [1.54, 1.807) is 0 Å². The predicted molar refractivity (Wildman–Crippen MR) is 62.7 cm³/mol. The van der Waals surface area contributed by atoms with Gasteiger partial charge in [0.05, 0.1) is 5.69 Å². The van der Waals surface area contributed by atoms with Gasteiger partial charge in [-0.05, 0) is 49.1 Å². The Bertz CT molecular complexity index is 454. The minimum absolute atomic E-state index is 0.549. The number of aryl methyl sites for hydroxylation is 1. The molecule has 2 aliphatic carbocycles. The lowest BCUT2D eigenvalue weighted by molar-refractivity contribution is -0.105. The zero-order valence-corrected chi connectivity index (χ0v) is 9.55. The van der Waals surface area contributed by atoms with Crippen molar-refractivity contribution in [1.82, 2.24) is 4.98 Å². The topological polar surface area (TPSA) is 42.0 Å². The van der Waals surface area contributed by atoms with Crippen molar-refractivity contribution in [2.24, 2.45) is 0 Å². The number of nitrogens with one attached hydrogen (secondary N) is 1. The van der Waals surface area contributed by atoms with E-state index in [0.717, 1.165) is 31.4 Å². The number of pyridine rings is 1. The smallest absolute Gasteiger partial charge is 0.211 e. The van der Waals surface area contributed by atoms with Crippen molar-refractivity contribution in [3.05, 3.63) is 22.5 Å². The molecule has 0 aliphatic heterocycles. The van der Waals surface area contributed by atoms with Gasteiger partial charge in [0.2, 0.25) is 6.41 Å². The fourth-order valence-corrected chi connectivity index (χ4v) is 3.03. The second-order valence-corrected chi connectivity index (χ2v) is 4.83. The van der Waals surface area contributed by atoms with Gasteiger partial charge < -0.3 is 5.32 Å². The standard InChI is InChI=1S/C13H16N2O/c1-8-5-6-10-12(8)15-11-4-2-3-9(11)13(10)14-7-16/h7-8H,2-6H2,1H3,(H,14,15,16). The van der Waals surface area contributed by atoms with Crippen molar-refractivity contribution in [2.45, 2.75) is 44.9 Å². The minimum atomic E-state index is 0.549. The highest BCUT2D eigenvalue weighted by Gasteiger charge is 2.28. The average molecular weight is 216 g/mol. The summed E-state index contributed by atoms with van der Waals surface area (Å²) in [6.07, 6.45) is 6.35. The summed E-state index contributed by atoms with van der Waals surface area (Å²) < 4.78 is 0. The number of anilines is 1. The molecule has 0 radical (unpaired) electrons. The molecule has 0 bridgehead atoms. The van der Waals surface area contributed by atoms with E-state index in [-0.39, 0.29) is 0 Å². The van der Waals surface area contributed by atoms with E-state index in [4.69, 9.17) is 4.98 Å². The highest BCUT2D eigenvalue weighted by molar-refractivity contribution is 5.78. The van der Waals surface area contributed by atoms with Gasteiger partial charge in [-0.2, -0.15) is 0 Å². The highest BCUT2D eigenvalue weighted by atomic mass is 16.1. The zero-order chi connectivity index (χ0) is 11.1. The first-order valence-corrected chi connectivity index (χ1v) is 6.06. The minimum Gasteiger partial charge on any atom is -0.328 e. The Morgan fingerprint density at radius 2 is 2.19 bits per heavy atom. The van der Waals surface area contributed by atoms with Crippen LogP contribution >= 0.6 is 0 Å². The lowest BCUT2D eigenvalue weighted by atomic mass is 10.0. The van der Waals surface area contributed by atoms with Crippen molar-refractivity contribution >= 4 is 12.1 Å². The Balaban J connectivity index is 2.20. The molecule has 16 heavy (non-hydrogen) atoms. The van der Waals surface area contributed by atoms with Gasteiger partial charge in [0.15, 0.2) is 0 Å². The van der Waals surface area contributed by atoms with E-state index in [2.05, 4.69) is 12.2 Å². The number of hydrogen-bond acceptors (Lipinski definition) is 2. The van der Waals surface area contributed by atoms with Crippen LogP contribution in [0.25, 0.3) is 0 Å². The normalized spacial score (nSPS) is 21.7. The zero-order valence-electron chi connectivity index (χ0n) is 9.55. The number of aromatic nitrogens is 1. The molecule has 1 N–H and O–H groups in total. The Labute approximate surface area is 95.3 Å². The number of fused-ring (bicyclic) bond motifs is 2. The first-order valence-electron chi connectivity index (χ1n) is 6.06. The number of amides is 1. The van der Waals surface area contributed by atoms with E-state index >= 15 is 0 Å². The molecule has 3 nitrogen and oxygen atoms in total. The molecule has 1 aromatic rings. The van der Waals surface area contributed by atoms with Crippen LogP contribution in [0.5, 0.6) is 0 Å². The fourth-order valence-electron chi connectivity index (χ4n) is 3.03. The third-order valence-electron chi connectivity index (χ3n) is 3.85. The molecule has 1 amide bonds. The molecule has 3 heteroatoms.